The molecule has 5 aliphatic rings. The summed E-state index contributed by atoms with van der Waals surface area (Å²) in [6, 6.07) is 3.16. The van der Waals surface area contributed by atoms with Crippen molar-refractivity contribution in [2.24, 2.45) is 5.92 Å². The Kier molecular flexibility index (Phi) is 8.92. The second-order valence-electron chi connectivity index (χ2n) is 12.9. The molecule has 14 nitrogen and oxygen atoms in total. The van der Waals surface area contributed by atoms with Gasteiger partial charge in [0.05, 0.1) is 17.1 Å². The summed E-state index contributed by atoms with van der Waals surface area (Å²) in [6.45, 7) is 0.778. The number of carbonyl (C=O) groups excluding carboxylic acids is 3. The second-order valence-corrected chi connectivity index (χ2v) is 12.9. The van der Waals surface area contributed by atoms with Crippen LogP contribution in [0.25, 0.3) is 0 Å². The first kappa shape index (κ1) is 31.5. The van der Waals surface area contributed by atoms with E-state index in [-0.39, 0.29) is 44.7 Å². The summed E-state index contributed by atoms with van der Waals surface area (Å²) in [5, 5.41) is 40.0. The third-order valence-electron chi connectivity index (χ3n) is 10.0. The number of nitrogens with zero attached hydrogens (tertiary/aromatic N) is 1. The molecule has 3 fully saturated rings. The minimum absolute atomic E-state index is 0.0466. The highest BCUT2D eigenvalue weighted by Crippen LogP contribution is 2.65. The average Bonchev–Trinajstić information content (AvgIpc) is 3.73. The Morgan fingerprint density at radius 2 is 1.64 bits per heavy atom. The summed E-state index contributed by atoms with van der Waals surface area (Å²) >= 11 is 0. The van der Waals surface area contributed by atoms with Crippen molar-refractivity contribution < 1.29 is 48.7 Å². The third-order valence-corrected chi connectivity index (χ3v) is 10.0. The van der Waals surface area contributed by atoms with E-state index in [2.05, 4.69) is 20.9 Å². The maximum absolute atomic E-state index is 13.0. The predicted octanol–water partition coefficient (Wildman–Crippen LogP) is -0.819. The highest BCUT2D eigenvalue weighted by molar-refractivity contribution is 5.80. The van der Waals surface area contributed by atoms with E-state index in [0.717, 1.165) is 24.2 Å². The zero-order chi connectivity index (χ0) is 31.8. The lowest BCUT2D eigenvalue weighted by Gasteiger charge is -2.64. The van der Waals surface area contributed by atoms with E-state index < -0.39 is 53.5 Å². The molecule has 246 valence electrons. The van der Waals surface area contributed by atoms with Crippen LogP contribution in [-0.4, -0.2) is 120 Å². The van der Waals surface area contributed by atoms with Crippen molar-refractivity contribution in [3.8, 4) is 11.5 Å². The number of piperidine rings is 1. The average molecular weight is 631 g/mol. The number of phenolic OH excluding ortho intramolecular Hbond substituents is 1. The van der Waals surface area contributed by atoms with E-state index in [9.17, 15) is 29.4 Å². The number of carboxylic acid groups (broad SMARTS) is 1. The van der Waals surface area contributed by atoms with Crippen LogP contribution in [0.1, 0.15) is 49.7 Å². The van der Waals surface area contributed by atoms with Gasteiger partial charge in [-0.2, -0.15) is 0 Å². The molecule has 0 radical (unpaired) electrons. The van der Waals surface area contributed by atoms with E-state index >= 15 is 0 Å². The summed E-state index contributed by atoms with van der Waals surface area (Å²) < 4.78 is 16.5. The number of phenols is 1. The molecule has 1 aromatic carbocycles. The molecule has 3 aliphatic carbocycles. The maximum atomic E-state index is 13.0. The van der Waals surface area contributed by atoms with Gasteiger partial charge in [0.15, 0.2) is 11.5 Å². The molecule has 3 amide bonds. The smallest absolute Gasteiger partial charge is 0.329 e. The number of amides is 3. The van der Waals surface area contributed by atoms with Crippen molar-refractivity contribution >= 4 is 23.7 Å². The Bertz CT molecular complexity index is 1340. The summed E-state index contributed by atoms with van der Waals surface area (Å²) in [7, 11) is 0. The highest BCUT2D eigenvalue weighted by Gasteiger charge is 2.73. The van der Waals surface area contributed by atoms with Crippen molar-refractivity contribution in [1.82, 2.24) is 20.9 Å². The lowest BCUT2D eigenvalue weighted by molar-refractivity contribution is -0.192. The lowest BCUT2D eigenvalue weighted by Crippen LogP contribution is -2.78. The minimum atomic E-state index is -1.16. The zero-order valence-corrected chi connectivity index (χ0v) is 25.2. The molecule has 45 heavy (non-hydrogen) atoms. The monoisotopic (exact) mass is 630 g/mol. The van der Waals surface area contributed by atoms with Gasteiger partial charge in [0.2, 0.25) is 17.7 Å². The van der Waals surface area contributed by atoms with Crippen molar-refractivity contribution in [1.29, 1.82) is 0 Å². The number of carbonyl (C=O) groups is 4. The highest BCUT2D eigenvalue weighted by atomic mass is 16.5. The van der Waals surface area contributed by atoms with Crippen LogP contribution < -0.4 is 20.7 Å². The number of hydrogen-bond acceptors (Lipinski definition) is 10. The van der Waals surface area contributed by atoms with Gasteiger partial charge in [0.25, 0.3) is 0 Å². The molecular weight excluding hydrogens is 588 g/mol. The Balaban J connectivity index is 0.988. The first-order chi connectivity index (χ1) is 21.6. The van der Waals surface area contributed by atoms with Gasteiger partial charge in [-0.3, -0.25) is 19.3 Å². The van der Waals surface area contributed by atoms with Crippen LogP contribution in [0.15, 0.2) is 12.1 Å². The number of benzene rings is 1. The Morgan fingerprint density at radius 1 is 0.956 bits per heavy atom. The predicted molar refractivity (Wildman–Crippen MR) is 157 cm³/mol. The zero-order valence-electron chi connectivity index (χ0n) is 25.2. The van der Waals surface area contributed by atoms with Gasteiger partial charge in [-0.1, -0.05) is 6.07 Å². The molecule has 6 rings (SSSR count). The Morgan fingerprint density at radius 3 is 2.33 bits per heavy atom. The van der Waals surface area contributed by atoms with Gasteiger partial charge in [-0.05, 0) is 69.0 Å². The van der Waals surface area contributed by atoms with Crippen molar-refractivity contribution in [2.45, 2.75) is 74.1 Å². The lowest BCUT2D eigenvalue weighted by atomic mass is 9.48. The molecule has 1 saturated heterocycles. The number of hydrogen-bond donors (Lipinski definition) is 6. The number of ether oxygens (including phenoxy) is 3. The molecule has 0 aromatic heterocycles. The fourth-order valence-corrected chi connectivity index (χ4v) is 7.99. The van der Waals surface area contributed by atoms with Crippen LogP contribution in [0.5, 0.6) is 11.5 Å². The fraction of sp³-hybridized carbons (Fsp3) is 0.677. The van der Waals surface area contributed by atoms with Crippen molar-refractivity contribution in [3.63, 3.8) is 0 Å². The molecule has 2 bridgehead atoms. The second kappa shape index (κ2) is 12.7. The van der Waals surface area contributed by atoms with Crippen LogP contribution in [-0.2, 0) is 40.5 Å². The molecule has 14 heteroatoms. The molecule has 2 heterocycles. The van der Waals surface area contributed by atoms with E-state index in [0.29, 0.717) is 43.8 Å². The number of carboxylic acids is 1. The van der Waals surface area contributed by atoms with E-state index in [1.54, 1.807) is 6.07 Å². The topological polar surface area (TPSA) is 196 Å². The molecule has 1 spiro atoms. The Hall–Kier alpha value is -3.46. The first-order valence-corrected chi connectivity index (χ1v) is 15.8. The number of aliphatic hydroxyl groups is 1. The number of rotatable bonds is 15. The summed E-state index contributed by atoms with van der Waals surface area (Å²) in [5.74, 6) is -1.26. The maximum Gasteiger partial charge on any atom is 0.329 e. The van der Waals surface area contributed by atoms with Crippen molar-refractivity contribution in [2.75, 3.05) is 52.6 Å². The largest absolute Gasteiger partial charge is 0.504 e. The van der Waals surface area contributed by atoms with Gasteiger partial charge >= 0.3 is 5.97 Å². The van der Waals surface area contributed by atoms with Gasteiger partial charge in [0.1, 0.15) is 32.5 Å². The summed E-state index contributed by atoms with van der Waals surface area (Å²) in [5.41, 5.74) is 0.217. The van der Waals surface area contributed by atoms with Crippen LogP contribution in [0, 0.1) is 5.92 Å². The van der Waals surface area contributed by atoms with Crippen LogP contribution in [0.2, 0.25) is 0 Å². The molecule has 2 aliphatic heterocycles. The standard InChI is InChI=1S/C31H42N4O10/c36-21-5-4-19-12-22-31(42)7-6-20(29-30(31,27(19)28(21)45-29)8-11-35(22)13-18-2-3-18)34-25(39)16-43-14-23(37)32-9-1-10-33-24(38)15-44-17-26(40)41/h4-5,18,20,22,29,36,42H,1-3,6-17H2,(H,32,37)(H,33,38)(H,34,39)(H,40,41)/t20-,22-,29+,30+,31-/m1/s1. The molecule has 6 N–H and O–H groups in total. The normalized spacial score (nSPS) is 29.3. The molecule has 1 aromatic rings. The SMILES string of the molecule is O=C(O)COCC(=O)NCCCNC(=O)COCC(=O)N[C@@H]1CC[C@@]2(O)[C@H]3Cc4ccc(O)c5c4[C@@]2(CCN3CC2CC2)[C@H]1O5. The quantitative estimate of drug-likeness (QED) is 0.133. The van der Waals surface area contributed by atoms with Gasteiger partial charge in [-0.15, -0.1) is 0 Å². The third kappa shape index (κ3) is 6.08. The van der Waals surface area contributed by atoms with Crippen LogP contribution in [0.4, 0.5) is 0 Å². The molecular formula is C31H42N4O10. The number of aromatic hydroxyl groups is 1. The van der Waals surface area contributed by atoms with Gasteiger partial charge < -0.3 is 45.5 Å². The van der Waals surface area contributed by atoms with Crippen molar-refractivity contribution in [3.05, 3.63) is 23.3 Å². The minimum Gasteiger partial charge on any atom is -0.504 e. The first-order valence-electron chi connectivity index (χ1n) is 15.8. The van der Waals surface area contributed by atoms with E-state index in [1.165, 1.54) is 12.8 Å². The van der Waals surface area contributed by atoms with E-state index in [4.69, 9.17) is 19.3 Å². The fourth-order valence-electron chi connectivity index (χ4n) is 7.99. The van der Waals surface area contributed by atoms with Gasteiger partial charge in [-0.25, -0.2) is 4.79 Å². The van der Waals surface area contributed by atoms with E-state index in [1.807, 2.05) is 6.07 Å². The van der Waals surface area contributed by atoms with Crippen LogP contribution in [0.3, 0.4) is 0 Å². The Labute approximate surface area is 260 Å². The number of aliphatic carboxylic acids is 1. The number of likely N-dealkylation sites (tertiary alicyclic amines) is 1. The molecule has 5 atom stereocenters. The number of nitrogens with one attached hydrogen (secondary N) is 3. The molecule has 0 unspecified atom stereocenters. The van der Waals surface area contributed by atoms with Gasteiger partial charge in [0, 0.05) is 31.2 Å². The summed E-state index contributed by atoms with van der Waals surface area (Å²) in [4.78, 5) is 49.5. The van der Waals surface area contributed by atoms with Crippen LogP contribution >= 0.6 is 0 Å². The summed E-state index contributed by atoms with van der Waals surface area (Å²) in [6.07, 6.45) is 4.75. The molecule has 2 saturated carbocycles.